The van der Waals surface area contributed by atoms with E-state index in [2.05, 4.69) is 9.72 Å². The topological polar surface area (TPSA) is 48.4 Å². The second-order valence-corrected chi connectivity index (χ2v) is 4.97. The molecule has 0 spiro atoms. The molecular formula is C16H13F4NO3. The number of nitrogens with zero attached hydrogens (tertiary/aromatic N) is 1. The summed E-state index contributed by atoms with van der Waals surface area (Å²) in [5, 5.41) is 0. The molecular weight excluding hydrogens is 330 g/mol. The van der Waals surface area contributed by atoms with Crippen molar-refractivity contribution in [1.82, 2.24) is 4.98 Å². The highest BCUT2D eigenvalue weighted by molar-refractivity contribution is 5.94. The number of aromatic nitrogens is 1. The highest BCUT2D eigenvalue weighted by Crippen LogP contribution is 2.36. The Kier molecular flexibility index (Phi) is 4.77. The number of hydrogen-bond acceptors (Lipinski definition) is 4. The summed E-state index contributed by atoms with van der Waals surface area (Å²) in [7, 11) is 1.04. The maximum absolute atomic E-state index is 13.1. The quantitative estimate of drug-likeness (QED) is 0.611. The number of carbonyl (C=O) groups is 1. The van der Waals surface area contributed by atoms with E-state index in [9.17, 15) is 22.4 Å². The summed E-state index contributed by atoms with van der Waals surface area (Å²) in [6, 6.07) is 3.63. The Morgan fingerprint density at radius 3 is 2.38 bits per heavy atom. The van der Waals surface area contributed by atoms with Crippen LogP contribution >= 0.6 is 0 Å². The SMILES string of the molecule is COC(=O)c1c(Oc2ccc(F)cc2C)cnc(C(F)(F)F)c1C. The number of pyridine rings is 1. The first-order valence-electron chi connectivity index (χ1n) is 6.74. The van der Waals surface area contributed by atoms with Gasteiger partial charge in [-0.1, -0.05) is 0 Å². The maximum atomic E-state index is 13.1. The van der Waals surface area contributed by atoms with Crippen molar-refractivity contribution in [2.24, 2.45) is 0 Å². The molecule has 0 aliphatic heterocycles. The minimum atomic E-state index is -4.73. The van der Waals surface area contributed by atoms with Gasteiger partial charge in [0.15, 0.2) is 5.75 Å². The molecule has 4 nitrogen and oxygen atoms in total. The number of esters is 1. The van der Waals surface area contributed by atoms with Crippen molar-refractivity contribution in [3.8, 4) is 11.5 Å². The summed E-state index contributed by atoms with van der Waals surface area (Å²) in [5.41, 5.74) is -1.59. The van der Waals surface area contributed by atoms with Crippen LogP contribution in [0.1, 0.15) is 27.2 Å². The van der Waals surface area contributed by atoms with Gasteiger partial charge in [0.1, 0.15) is 22.8 Å². The lowest BCUT2D eigenvalue weighted by Gasteiger charge is -2.16. The molecule has 24 heavy (non-hydrogen) atoms. The lowest BCUT2D eigenvalue weighted by molar-refractivity contribution is -0.141. The maximum Gasteiger partial charge on any atom is 0.433 e. The molecule has 0 radical (unpaired) electrons. The fourth-order valence-corrected chi connectivity index (χ4v) is 2.15. The van der Waals surface area contributed by atoms with Crippen LogP contribution in [0.5, 0.6) is 11.5 Å². The molecule has 0 aliphatic rings. The molecule has 2 aromatic rings. The van der Waals surface area contributed by atoms with Gasteiger partial charge in [0, 0.05) is 0 Å². The highest BCUT2D eigenvalue weighted by Gasteiger charge is 2.37. The zero-order valence-electron chi connectivity index (χ0n) is 13.0. The minimum absolute atomic E-state index is 0.183. The Bertz CT molecular complexity index is 788. The van der Waals surface area contributed by atoms with E-state index in [0.717, 1.165) is 26.3 Å². The Balaban J connectivity index is 2.57. The predicted molar refractivity (Wildman–Crippen MR) is 76.5 cm³/mol. The summed E-state index contributed by atoms with van der Waals surface area (Å²) in [6.07, 6.45) is -3.93. The fraction of sp³-hybridized carbons (Fsp3) is 0.250. The van der Waals surface area contributed by atoms with Gasteiger partial charge in [-0.05, 0) is 43.2 Å². The number of ether oxygens (including phenoxy) is 2. The fourth-order valence-electron chi connectivity index (χ4n) is 2.15. The van der Waals surface area contributed by atoms with Crippen LogP contribution in [-0.2, 0) is 10.9 Å². The van der Waals surface area contributed by atoms with Crippen molar-refractivity contribution in [2.75, 3.05) is 7.11 Å². The van der Waals surface area contributed by atoms with E-state index in [1.807, 2.05) is 0 Å². The van der Waals surface area contributed by atoms with Crippen molar-refractivity contribution >= 4 is 5.97 Å². The third-order valence-electron chi connectivity index (χ3n) is 3.30. The van der Waals surface area contributed by atoms with E-state index >= 15 is 0 Å². The number of carbonyl (C=O) groups excluding carboxylic acids is 1. The van der Waals surface area contributed by atoms with Gasteiger partial charge in [0.2, 0.25) is 0 Å². The molecule has 2 rings (SSSR count). The van der Waals surface area contributed by atoms with Gasteiger partial charge in [-0.25, -0.2) is 14.2 Å². The summed E-state index contributed by atoms with van der Waals surface area (Å²) in [5.74, 6) is -1.51. The van der Waals surface area contributed by atoms with Gasteiger partial charge in [0.25, 0.3) is 0 Å². The van der Waals surface area contributed by atoms with Crippen LogP contribution in [-0.4, -0.2) is 18.1 Å². The Morgan fingerprint density at radius 2 is 1.83 bits per heavy atom. The predicted octanol–water partition coefficient (Wildman–Crippen LogP) is 4.44. The Hall–Kier alpha value is -2.64. The third kappa shape index (κ3) is 3.47. The molecule has 128 valence electrons. The molecule has 1 heterocycles. The van der Waals surface area contributed by atoms with Crippen LogP contribution in [0.15, 0.2) is 24.4 Å². The van der Waals surface area contributed by atoms with E-state index in [4.69, 9.17) is 4.74 Å². The van der Waals surface area contributed by atoms with Crippen LogP contribution in [0, 0.1) is 19.7 Å². The van der Waals surface area contributed by atoms with E-state index in [1.165, 1.54) is 12.1 Å². The van der Waals surface area contributed by atoms with Crippen LogP contribution in [0.4, 0.5) is 17.6 Å². The summed E-state index contributed by atoms with van der Waals surface area (Å²) < 4.78 is 62.0. The van der Waals surface area contributed by atoms with E-state index in [1.54, 1.807) is 6.92 Å². The monoisotopic (exact) mass is 343 g/mol. The number of hydrogen-bond donors (Lipinski definition) is 0. The first kappa shape index (κ1) is 17.7. The zero-order valence-corrected chi connectivity index (χ0v) is 13.0. The summed E-state index contributed by atoms with van der Waals surface area (Å²) >= 11 is 0. The van der Waals surface area contributed by atoms with Gasteiger partial charge < -0.3 is 9.47 Å². The molecule has 8 heteroatoms. The molecule has 1 aromatic heterocycles. The Morgan fingerprint density at radius 1 is 1.17 bits per heavy atom. The number of alkyl halides is 3. The minimum Gasteiger partial charge on any atom is -0.465 e. The lowest BCUT2D eigenvalue weighted by Crippen LogP contribution is -2.16. The largest absolute Gasteiger partial charge is 0.465 e. The first-order chi connectivity index (χ1) is 11.1. The van der Waals surface area contributed by atoms with Gasteiger partial charge >= 0.3 is 12.1 Å². The number of methoxy groups -OCH3 is 1. The van der Waals surface area contributed by atoms with E-state index in [-0.39, 0.29) is 17.1 Å². The molecule has 0 fully saturated rings. The molecule has 0 saturated heterocycles. The third-order valence-corrected chi connectivity index (χ3v) is 3.30. The molecule has 0 unspecified atom stereocenters. The first-order valence-corrected chi connectivity index (χ1v) is 6.74. The standard InChI is InChI=1S/C16H13F4NO3/c1-8-6-10(17)4-5-11(8)24-12-7-21-14(16(18,19)20)9(2)13(12)15(22)23-3/h4-7H,1-3H3. The van der Waals surface area contributed by atoms with Gasteiger partial charge in [0.05, 0.1) is 13.3 Å². The average molecular weight is 343 g/mol. The molecule has 1 aromatic carbocycles. The van der Waals surface area contributed by atoms with Gasteiger partial charge in [-0.3, -0.25) is 0 Å². The second-order valence-electron chi connectivity index (χ2n) is 4.97. The molecule has 0 aliphatic carbocycles. The number of aryl methyl sites for hydroxylation is 1. The van der Waals surface area contributed by atoms with Gasteiger partial charge in [-0.15, -0.1) is 0 Å². The number of rotatable bonds is 3. The van der Waals surface area contributed by atoms with Crippen molar-refractivity contribution in [2.45, 2.75) is 20.0 Å². The lowest BCUT2D eigenvalue weighted by atomic mass is 10.1. The van der Waals surface area contributed by atoms with Crippen molar-refractivity contribution < 1.29 is 31.8 Å². The van der Waals surface area contributed by atoms with Crippen molar-refractivity contribution in [3.05, 3.63) is 52.6 Å². The molecule has 0 atom stereocenters. The van der Waals surface area contributed by atoms with Crippen molar-refractivity contribution in [1.29, 1.82) is 0 Å². The highest BCUT2D eigenvalue weighted by atomic mass is 19.4. The summed E-state index contributed by atoms with van der Waals surface area (Å²) in [4.78, 5) is 15.2. The normalized spacial score (nSPS) is 11.3. The van der Waals surface area contributed by atoms with Crippen LogP contribution in [0.3, 0.4) is 0 Å². The smallest absolute Gasteiger partial charge is 0.433 e. The molecule has 0 bridgehead atoms. The Labute approximate surface area is 135 Å². The number of halogens is 4. The molecule has 0 amide bonds. The van der Waals surface area contributed by atoms with E-state index in [0.29, 0.717) is 5.56 Å². The molecule has 0 saturated carbocycles. The van der Waals surface area contributed by atoms with E-state index < -0.39 is 29.2 Å². The second kappa shape index (κ2) is 6.46. The van der Waals surface area contributed by atoms with Crippen LogP contribution < -0.4 is 4.74 Å². The summed E-state index contributed by atoms with van der Waals surface area (Å²) in [6.45, 7) is 2.66. The van der Waals surface area contributed by atoms with Crippen LogP contribution in [0.25, 0.3) is 0 Å². The van der Waals surface area contributed by atoms with Crippen LogP contribution in [0.2, 0.25) is 0 Å². The zero-order chi connectivity index (χ0) is 18.1. The van der Waals surface area contributed by atoms with Gasteiger partial charge in [-0.2, -0.15) is 13.2 Å². The molecule has 0 N–H and O–H groups in total. The van der Waals surface area contributed by atoms with Crippen molar-refractivity contribution in [3.63, 3.8) is 0 Å². The number of benzene rings is 1. The average Bonchev–Trinajstić information content (AvgIpc) is 2.48.